The Kier molecular flexibility index (Phi) is 11.3. The highest BCUT2D eigenvalue weighted by molar-refractivity contribution is 5.98. The molecule has 4 amide bonds. The van der Waals surface area contributed by atoms with Crippen molar-refractivity contribution < 1.29 is 38.2 Å². The van der Waals surface area contributed by atoms with E-state index in [9.17, 15) is 24.0 Å². The van der Waals surface area contributed by atoms with Gasteiger partial charge in [0, 0.05) is 56.9 Å². The lowest BCUT2D eigenvalue weighted by molar-refractivity contribution is -0.141. The van der Waals surface area contributed by atoms with Gasteiger partial charge in [-0.25, -0.2) is 14.4 Å². The number of alkyl carbamates (subject to hydrolysis) is 1. The molecule has 4 rings (SSSR count). The average molecular weight is 630 g/mol. The Bertz CT molecular complexity index is 1220. The van der Waals surface area contributed by atoms with Crippen molar-refractivity contribution in [2.45, 2.75) is 70.6 Å². The number of ether oxygens (including phenoxy) is 3. The minimum atomic E-state index is -0.659. The Labute approximate surface area is 264 Å². The summed E-state index contributed by atoms with van der Waals surface area (Å²) in [5.74, 6) is -0.713. The maximum absolute atomic E-state index is 14.0. The van der Waals surface area contributed by atoms with Gasteiger partial charge in [-0.1, -0.05) is 0 Å². The number of benzene rings is 1. The van der Waals surface area contributed by atoms with E-state index >= 15 is 0 Å². The smallest absolute Gasteiger partial charge is 0.409 e. The van der Waals surface area contributed by atoms with Gasteiger partial charge in [0.25, 0.3) is 0 Å². The summed E-state index contributed by atoms with van der Waals surface area (Å²) in [5, 5.41) is 5.78. The van der Waals surface area contributed by atoms with Crippen molar-refractivity contribution >= 4 is 35.7 Å². The van der Waals surface area contributed by atoms with Gasteiger partial charge in [-0.3, -0.25) is 14.5 Å². The van der Waals surface area contributed by atoms with Crippen molar-refractivity contribution in [3.8, 4) is 0 Å². The maximum atomic E-state index is 14.0. The molecule has 0 aromatic heterocycles. The molecule has 13 heteroatoms. The molecule has 0 bridgehead atoms. The predicted molar refractivity (Wildman–Crippen MR) is 166 cm³/mol. The van der Waals surface area contributed by atoms with Crippen molar-refractivity contribution in [2.75, 3.05) is 58.8 Å². The minimum Gasteiger partial charge on any atom is -0.465 e. The summed E-state index contributed by atoms with van der Waals surface area (Å²) in [5.41, 5.74) is 0.330. The summed E-state index contributed by atoms with van der Waals surface area (Å²) in [6.07, 6.45) is 2.63. The van der Waals surface area contributed by atoms with Crippen LogP contribution in [0.5, 0.6) is 0 Å². The maximum Gasteiger partial charge on any atom is 0.409 e. The molecule has 13 nitrogen and oxygen atoms in total. The summed E-state index contributed by atoms with van der Waals surface area (Å²) < 4.78 is 15.0. The molecule has 45 heavy (non-hydrogen) atoms. The fraction of sp³-hybridized carbons (Fsp3) is 0.656. The summed E-state index contributed by atoms with van der Waals surface area (Å²) in [6, 6.07) is 5.76. The van der Waals surface area contributed by atoms with Gasteiger partial charge in [0.15, 0.2) is 0 Å². The zero-order valence-electron chi connectivity index (χ0n) is 27.0. The van der Waals surface area contributed by atoms with Gasteiger partial charge in [0.05, 0.1) is 19.8 Å². The van der Waals surface area contributed by atoms with Gasteiger partial charge < -0.3 is 34.6 Å². The Morgan fingerprint density at radius 3 is 2.11 bits per heavy atom. The molecule has 2 aliphatic heterocycles. The third-order valence-electron chi connectivity index (χ3n) is 8.83. The van der Waals surface area contributed by atoms with E-state index in [1.54, 1.807) is 34.1 Å². The Balaban J connectivity index is 1.39. The number of methoxy groups -OCH3 is 2. The van der Waals surface area contributed by atoms with Crippen molar-refractivity contribution in [3.63, 3.8) is 0 Å². The predicted octanol–water partition coefficient (Wildman–Crippen LogP) is 3.10. The van der Waals surface area contributed by atoms with E-state index in [-0.39, 0.29) is 35.8 Å². The van der Waals surface area contributed by atoms with E-state index in [1.807, 2.05) is 20.8 Å². The van der Waals surface area contributed by atoms with E-state index in [0.717, 1.165) is 12.8 Å². The van der Waals surface area contributed by atoms with E-state index in [0.29, 0.717) is 69.8 Å². The molecule has 1 aliphatic carbocycles. The highest BCUT2D eigenvalue weighted by Crippen LogP contribution is 2.33. The molecule has 0 spiro atoms. The molecule has 3 aliphatic rings. The standard InChI is InChI=1S/C32H47N5O8/c1-32(2,3)45-30(41)33-19-21-6-8-22(9-7-21)28(39)37-20-25(35-14-16-36(17-15-35)31(42)44-5)18-26(37)27(38)34-24-12-10-23(11-13-24)29(40)43-4/h10-13,21-22,25-26H,6-9,14-20H2,1-5H3,(H,33,41)(H,34,38)/t21?,22?,25-,26-/m0/s1. The summed E-state index contributed by atoms with van der Waals surface area (Å²) >= 11 is 0. The van der Waals surface area contributed by atoms with Gasteiger partial charge in [-0.2, -0.15) is 0 Å². The first-order chi connectivity index (χ1) is 21.4. The van der Waals surface area contributed by atoms with Crippen LogP contribution >= 0.6 is 0 Å². The molecular formula is C32H47N5O8. The number of anilines is 1. The zero-order chi connectivity index (χ0) is 32.7. The fourth-order valence-corrected chi connectivity index (χ4v) is 6.39. The van der Waals surface area contributed by atoms with Crippen molar-refractivity contribution in [1.29, 1.82) is 0 Å². The number of piperazine rings is 1. The molecule has 0 radical (unpaired) electrons. The average Bonchev–Trinajstić information content (AvgIpc) is 3.48. The Morgan fingerprint density at radius 1 is 0.889 bits per heavy atom. The van der Waals surface area contributed by atoms with E-state index < -0.39 is 23.7 Å². The monoisotopic (exact) mass is 629 g/mol. The van der Waals surface area contributed by atoms with Crippen LogP contribution < -0.4 is 10.6 Å². The van der Waals surface area contributed by atoms with Crippen LogP contribution in [0.3, 0.4) is 0 Å². The molecule has 3 fully saturated rings. The molecule has 2 saturated heterocycles. The van der Waals surface area contributed by atoms with Crippen molar-refractivity contribution in [3.05, 3.63) is 29.8 Å². The number of nitrogens with one attached hydrogen (secondary N) is 2. The minimum absolute atomic E-state index is 0.0227. The zero-order valence-corrected chi connectivity index (χ0v) is 27.0. The second-order valence-corrected chi connectivity index (χ2v) is 13.0. The van der Waals surface area contributed by atoms with Crippen molar-refractivity contribution in [2.24, 2.45) is 11.8 Å². The van der Waals surface area contributed by atoms with Crippen LogP contribution in [-0.2, 0) is 23.8 Å². The summed E-state index contributed by atoms with van der Waals surface area (Å²) in [4.78, 5) is 69.2. The number of carbonyl (C=O) groups excluding carboxylic acids is 5. The lowest BCUT2D eigenvalue weighted by atomic mass is 9.81. The number of amides is 4. The third-order valence-corrected chi connectivity index (χ3v) is 8.83. The lowest BCUT2D eigenvalue weighted by Crippen LogP contribution is -2.52. The van der Waals surface area contributed by atoms with Gasteiger partial charge in [-0.15, -0.1) is 0 Å². The second-order valence-electron chi connectivity index (χ2n) is 13.0. The summed E-state index contributed by atoms with van der Waals surface area (Å²) in [7, 11) is 2.68. The lowest BCUT2D eigenvalue weighted by Gasteiger charge is -2.37. The number of likely N-dealkylation sites (tertiary alicyclic amines) is 1. The number of esters is 1. The van der Waals surface area contributed by atoms with Crippen molar-refractivity contribution in [1.82, 2.24) is 20.0 Å². The quantitative estimate of drug-likeness (QED) is 0.343. The highest BCUT2D eigenvalue weighted by Gasteiger charge is 2.44. The van der Waals surface area contributed by atoms with Crippen LogP contribution in [0.1, 0.15) is 63.2 Å². The first-order valence-electron chi connectivity index (χ1n) is 15.7. The number of carbonyl (C=O) groups is 5. The molecule has 2 atom stereocenters. The third kappa shape index (κ3) is 9.09. The number of hydrogen-bond acceptors (Lipinski definition) is 9. The van der Waals surface area contributed by atoms with Crippen LogP contribution in [0.15, 0.2) is 24.3 Å². The molecule has 2 heterocycles. The second kappa shape index (κ2) is 14.9. The van der Waals surface area contributed by atoms with Crippen LogP contribution in [-0.4, -0.2) is 116 Å². The van der Waals surface area contributed by atoms with Crippen LogP contribution in [0.4, 0.5) is 15.3 Å². The molecule has 1 aromatic carbocycles. The molecule has 1 aromatic rings. The van der Waals surface area contributed by atoms with Gasteiger partial charge in [-0.05, 0) is 83.1 Å². The number of rotatable bonds is 7. The van der Waals surface area contributed by atoms with Crippen LogP contribution in [0.25, 0.3) is 0 Å². The number of hydrogen-bond donors (Lipinski definition) is 2. The first kappa shape index (κ1) is 34.0. The van der Waals surface area contributed by atoms with Crippen LogP contribution in [0.2, 0.25) is 0 Å². The van der Waals surface area contributed by atoms with Crippen LogP contribution in [0, 0.1) is 11.8 Å². The topological polar surface area (TPSA) is 147 Å². The first-order valence-corrected chi connectivity index (χ1v) is 15.7. The SMILES string of the molecule is COC(=O)c1ccc(NC(=O)[C@@H]2C[C@H](N3CCN(C(=O)OC)CC3)CN2C(=O)C2CCC(CNC(=O)OC(C)(C)C)CC2)cc1. The Morgan fingerprint density at radius 2 is 1.53 bits per heavy atom. The van der Waals surface area contributed by atoms with E-state index in [4.69, 9.17) is 14.2 Å². The van der Waals surface area contributed by atoms with E-state index in [2.05, 4.69) is 15.5 Å². The van der Waals surface area contributed by atoms with E-state index in [1.165, 1.54) is 14.2 Å². The summed E-state index contributed by atoms with van der Waals surface area (Å²) in [6.45, 7) is 8.68. The van der Waals surface area contributed by atoms with Gasteiger partial charge in [0.2, 0.25) is 11.8 Å². The Hall–Kier alpha value is -3.87. The van der Waals surface area contributed by atoms with Gasteiger partial charge in [0.1, 0.15) is 11.6 Å². The molecule has 0 unspecified atom stereocenters. The molecule has 248 valence electrons. The normalized spacial score (nSPS) is 24.0. The largest absolute Gasteiger partial charge is 0.465 e. The fourth-order valence-electron chi connectivity index (χ4n) is 6.39. The molecule has 1 saturated carbocycles. The highest BCUT2D eigenvalue weighted by atomic mass is 16.6. The number of nitrogens with zero attached hydrogens (tertiary/aromatic N) is 3. The molecular weight excluding hydrogens is 582 g/mol. The van der Waals surface area contributed by atoms with Gasteiger partial charge >= 0.3 is 18.2 Å². The molecule has 2 N–H and O–H groups in total.